The van der Waals surface area contributed by atoms with Gasteiger partial charge in [-0.3, -0.25) is 0 Å². The number of aliphatic hydroxyl groups excluding tert-OH is 1. The van der Waals surface area contributed by atoms with Crippen LogP contribution >= 0.6 is 0 Å². The standard InChI is InChI=1S/C18H25F2NO4.C5H11N.C2H6O.CH5N/c1-11(2)10-25-18(23)14(12(3)22)9-13-5-6-15(17(20)16(13)19)24-8-7-21-4;6-5-3-1-2-4-5;1-3-2;1-2/h5-6,11,21-22H,7-10H2,1-4H3;5H,1-4,6H2;1-2H3;2H2,1H3/b14-12-;;;. The van der Waals surface area contributed by atoms with Gasteiger partial charge in [0.15, 0.2) is 11.6 Å². The van der Waals surface area contributed by atoms with Crippen LogP contribution in [0.25, 0.3) is 0 Å². The average molecular weight is 520 g/mol. The molecule has 1 aliphatic carbocycles. The van der Waals surface area contributed by atoms with Gasteiger partial charge in [-0.15, -0.1) is 0 Å². The first kappa shape index (κ1) is 35.9. The van der Waals surface area contributed by atoms with Crippen LogP contribution in [0.2, 0.25) is 0 Å². The number of rotatable bonds is 9. The molecule has 0 radical (unpaired) electrons. The van der Waals surface area contributed by atoms with Crippen LogP contribution in [-0.4, -0.2) is 65.2 Å². The van der Waals surface area contributed by atoms with Crippen molar-refractivity contribution in [3.05, 3.63) is 40.7 Å². The highest BCUT2D eigenvalue weighted by molar-refractivity contribution is 5.89. The number of nitrogens with one attached hydrogen (secondary N) is 1. The van der Waals surface area contributed by atoms with Crippen LogP contribution in [0.5, 0.6) is 5.75 Å². The number of ether oxygens (including phenoxy) is 3. The lowest BCUT2D eigenvalue weighted by molar-refractivity contribution is -0.140. The van der Waals surface area contributed by atoms with Gasteiger partial charge in [-0.1, -0.05) is 32.8 Å². The van der Waals surface area contributed by atoms with Crippen LogP contribution in [0.15, 0.2) is 23.5 Å². The molecule has 1 fully saturated rings. The van der Waals surface area contributed by atoms with Crippen molar-refractivity contribution in [3.8, 4) is 5.75 Å². The van der Waals surface area contributed by atoms with Gasteiger partial charge in [0, 0.05) is 33.2 Å². The Kier molecular flexibility index (Phi) is 21.9. The van der Waals surface area contributed by atoms with Gasteiger partial charge in [0.2, 0.25) is 5.82 Å². The van der Waals surface area contributed by atoms with Crippen molar-refractivity contribution in [3.63, 3.8) is 0 Å². The van der Waals surface area contributed by atoms with Crippen LogP contribution < -0.4 is 21.5 Å². The Bertz CT molecular complexity index is 751. The fraction of sp³-hybridized carbons (Fsp3) is 0.654. The van der Waals surface area contributed by atoms with E-state index >= 15 is 0 Å². The van der Waals surface area contributed by atoms with Crippen LogP contribution in [-0.2, 0) is 20.7 Å². The lowest BCUT2D eigenvalue weighted by Crippen LogP contribution is -2.17. The van der Waals surface area contributed by atoms with Crippen LogP contribution in [0.4, 0.5) is 8.78 Å². The highest BCUT2D eigenvalue weighted by Crippen LogP contribution is 2.25. The molecule has 0 amide bonds. The summed E-state index contributed by atoms with van der Waals surface area (Å²) < 4.78 is 42.8. The number of halogens is 2. The van der Waals surface area contributed by atoms with Gasteiger partial charge >= 0.3 is 5.97 Å². The Morgan fingerprint density at radius 1 is 1.17 bits per heavy atom. The maximum Gasteiger partial charge on any atom is 0.337 e. The summed E-state index contributed by atoms with van der Waals surface area (Å²) >= 11 is 0. The third kappa shape index (κ3) is 15.7. The Labute approximate surface area is 215 Å². The molecule has 1 aliphatic rings. The molecule has 0 aromatic heterocycles. The highest BCUT2D eigenvalue weighted by atomic mass is 19.2. The number of nitrogens with two attached hydrogens (primary N) is 2. The molecule has 1 aromatic carbocycles. The van der Waals surface area contributed by atoms with Gasteiger partial charge in [-0.2, -0.15) is 4.39 Å². The smallest absolute Gasteiger partial charge is 0.337 e. The highest BCUT2D eigenvalue weighted by Gasteiger charge is 2.21. The summed E-state index contributed by atoms with van der Waals surface area (Å²) in [4.78, 5) is 12.0. The van der Waals surface area contributed by atoms with E-state index < -0.39 is 17.6 Å². The molecule has 1 saturated carbocycles. The van der Waals surface area contributed by atoms with E-state index in [0.29, 0.717) is 12.6 Å². The molecule has 0 atom stereocenters. The largest absolute Gasteiger partial charge is 0.512 e. The van der Waals surface area contributed by atoms with E-state index in [0.717, 1.165) is 0 Å². The Hall–Kier alpha value is -2.27. The molecule has 36 heavy (non-hydrogen) atoms. The monoisotopic (exact) mass is 519 g/mol. The third-order valence-electron chi connectivity index (χ3n) is 4.73. The normalized spacial score (nSPS) is 13.3. The Balaban J connectivity index is 0. The van der Waals surface area contributed by atoms with Gasteiger partial charge in [-0.25, -0.2) is 9.18 Å². The van der Waals surface area contributed by atoms with E-state index in [1.165, 1.54) is 51.8 Å². The average Bonchev–Trinajstić information content (AvgIpc) is 3.32. The van der Waals surface area contributed by atoms with Gasteiger partial charge in [-0.05, 0) is 51.4 Å². The zero-order chi connectivity index (χ0) is 28.1. The Morgan fingerprint density at radius 3 is 2.14 bits per heavy atom. The molecular formula is C26H47F2N3O5. The molecule has 0 unspecified atom stereocenters. The van der Waals surface area contributed by atoms with Crippen molar-refractivity contribution in [2.45, 2.75) is 58.9 Å². The molecule has 0 aliphatic heterocycles. The number of hydrogen-bond acceptors (Lipinski definition) is 8. The molecular weight excluding hydrogens is 472 g/mol. The summed E-state index contributed by atoms with van der Waals surface area (Å²) in [5, 5.41) is 12.5. The summed E-state index contributed by atoms with van der Waals surface area (Å²) in [6, 6.07) is 3.17. The van der Waals surface area contributed by atoms with Crippen LogP contribution in [0.3, 0.4) is 0 Å². The van der Waals surface area contributed by atoms with Gasteiger partial charge < -0.3 is 36.1 Å². The molecule has 0 spiro atoms. The van der Waals surface area contributed by atoms with E-state index in [1.807, 2.05) is 13.8 Å². The Morgan fingerprint density at radius 2 is 1.72 bits per heavy atom. The molecule has 10 heteroatoms. The second kappa shape index (κ2) is 22.0. The van der Waals surface area contributed by atoms with Gasteiger partial charge in [0.05, 0.1) is 17.9 Å². The number of esters is 1. The van der Waals surface area contributed by atoms with Crippen LogP contribution in [0.1, 0.15) is 52.0 Å². The summed E-state index contributed by atoms with van der Waals surface area (Å²) in [7, 11) is 6.47. The second-order valence-electron chi connectivity index (χ2n) is 8.49. The lowest BCUT2D eigenvalue weighted by atomic mass is 10.0. The number of aliphatic hydroxyl groups is 1. The van der Waals surface area contributed by atoms with E-state index in [-0.39, 0.29) is 48.2 Å². The van der Waals surface area contributed by atoms with E-state index in [2.05, 4.69) is 15.8 Å². The summed E-state index contributed by atoms with van der Waals surface area (Å²) in [6.45, 7) is 5.88. The first-order valence-corrected chi connectivity index (χ1v) is 12.1. The SMILES string of the molecule is CN.CNCCOc1ccc(C/C(C(=O)OCC(C)C)=C(\C)O)c(F)c1F.COC.NC1CCCC1. The zero-order valence-corrected chi connectivity index (χ0v) is 23.0. The minimum Gasteiger partial charge on any atom is -0.512 e. The number of carbonyl (C=O) groups is 1. The van der Waals surface area contributed by atoms with Gasteiger partial charge in [0.1, 0.15) is 6.61 Å². The minimum absolute atomic E-state index is 0.0663. The number of methoxy groups -OCH3 is 1. The molecule has 1 aromatic rings. The van der Waals surface area contributed by atoms with Crippen molar-refractivity contribution in [1.29, 1.82) is 0 Å². The predicted octanol–water partition coefficient (Wildman–Crippen LogP) is 3.86. The topological polar surface area (TPSA) is 129 Å². The van der Waals surface area contributed by atoms with Crippen molar-refractivity contribution >= 4 is 5.97 Å². The summed E-state index contributed by atoms with van der Waals surface area (Å²) in [6.07, 6.45) is 4.97. The third-order valence-corrected chi connectivity index (χ3v) is 4.73. The molecule has 0 saturated heterocycles. The maximum absolute atomic E-state index is 14.2. The first-order chi connectivity index (χ1) is 17.1. The first-order valence-electron chi connectivity index (χ1n) is 12.1. The van der Waals surface area contributed by atoms with Crippen molar-refractivity contribution < 1.29 is 32.9 Å². The van der Waals surface area contributed by atoms with Crippen molar-refractivity contribution in [2.24, 2.45) is 17.4 Å². The molecule has 8 nitrogen and oxygen atoms in total. The second-order valence-corrected chi connectivity index (χ2v) is 8.49. The van der Waals surface area contributed by atoms with Crippen LogP contribution in [0, 0.1) is 17.6 Å². The van der Waals surface area contributed by atoms with E-state index in [4.69, 9.17) is 15.2 Å². The fourth-order valence-electron chi connectivity index (χ4n) is 2.91. The number of benzene rings is 1. The predicted molar refractivity (Wildman–Crippen MR) is 140 cm³/mol. The molecule has 6 N–H and O–H groups in total. The number of carbonyl (C=O) groups excluding carboxylic acids is 1. The van der Waals surface area contributed by atoms with E-state index in [1.54, 1.807) is 21.3 Å². The minimum atomic E-state index is -1.13. The number of allylic oxidation sites excluding steroid dienone is 1. The van der Waals surface area contributed by atoms with E-state index in [9.17, 15) is 18.7 Å². The molecule has 0 heterocycles. The number of hydrogen-bond donors (Lipinski definition) is 4. The number of likely N-dealkylation sites (N-methyl/N-ethyl adjacent to an activating group) is 1. The molecule has 210 valence electrons. The summed E-state index contributed by atoms with van der Waals surface area (Å²) in [5.41, 5.74) is 9.86. The maximum atomic E-state index is 14.2. The lowest BCUT2D eigenvalue weighted by Gasteiger charge is -2.13. The van der Waals surface area contributed by atoms with Crippen molar-refractivity contribution in [1.82, 2.24) is 5.32 Å². The zero-order valence-electron chi connectivity index (χ0n) is 23.0. The fourth-order valence-corrected chi connectivity index (χ4v) is 2.91. The quantitative estimate of drug-likeness (QED) is 0.168. The van der Waals surface area contributed by atoms with Crippen molar-refractivity contribution in [2.75, 3.05) is 48.1 Å². The molecule has 2 rings (SSSR count). The molecule has 0 bridgehead atoms. The summed E-state index contributed by atoms with van der Waals surface area (Å²) in [5.74, 6) is -3.36. The van der Waals surface area contributed by atoms with Gasteiger partial charge in [0.25, 0.3) is 0 Å².